The molecule has 1 aliphatic rings. The first-order valence-corrected chi connectivity index (χ1v) is 8.79. The largest absolute Gasteiger partial charge is 0.309 e. The minimum Gasteiger partial charge on any atom is -0.309 e. The van der Waals surface area contributed by atoms with Crippen LogP contribution in [-0.2, 0) is 10.8 Å². The first kappa shape index (κ1) is 17.2. The van der Waals surface area contributed by atoms with Crippen molar-refractivity contribution in [3.05, 3.63) is 65.8 Å². The maximum atomic E-state index is 11.6. The van der Waals surface area contributed by atoms with E-state index in [-0.39, 0.29) is 11.3 Å². The summed E-state index contributed by atoms with van der Waals surface area (Å²) in [6, 6.07) is 7.09. The van der Waals surface area contributed by atoms with Crippen molar-refractivity contribution >= 4 is 27.2 Å². The summed E-state index contributed by atoms with van der Waals surface area (Å²) in [7, 11) is -1.49. The maximum Gasteiger partial charge on any atom is 0.248 e. The lowest BCUT2D eigenvalue weighted by Gasteiger charge is -2.02. The lowest BCUT2D eigenvalue weighted by Crippen LogP contribution is -2.12. The number of aliphatic imine (C=N–C) groups is 1. The predicted molar refractivity (Wildman–Crippen MR) is 96.8 cm³/mol. The monoisotopic (exact) mass is 328 g/mol. The van der Waals surface area contributed by atoms with Crippen molar-refractivity contribution in [2.24, 2.45) is 10.7 Å². The van der Waals surface area contributed by atoms with Gasteiger partial charge >= 0.3 is 0 Å². The van der Waals surface area contributed by atoms with Crippen LogP contribution in [0, 0.1) is 0 Å². The number of nitrogens with two attached hydrogens (primary N) is 1. The number of hydrogen-bond donors (Lipinski definition) is 1. The molecular weight excluding hydrogens is 308 g/mol. The highest BCUT2D eigenvalue weighted by Gasteiger charge is 2.14. The summed E-state index contributed by atoms with van der Waals surface area (Å²) in [6.07, 6.45) is 7.69. The van der Waals surface area contributed by atoms with E-state index in [4.69, 9.17) is 5.73 Å². The molecule has 2 N–H and O–H groups in total. The van der Waals surface area contributed by atoms with Gasteiger partial charge in [0.15, 0.2) is 0 Å². The topological polar surface area (TPSA) is 72.5 Å². The van der Waals surface area contributed by atoms with Crippen LogP contribution in [0.2, 0.25) is 0 Å². The first-order chi connectivity index (χ1) is 10.9. The summed E-state index contributed by atoms with van der Waals surface area (Å²) >= 11 is 0. The Balaban J connectivity index is 2.09. The fraction of sp³-hybridized carbons (Fsp3) is 0.222. The number of carbonyl (C=O) groups is 1. The molecule has 0 radical (unpaired) electrons. The molecule has 0 saturated carbocycles. The molecule has 0 aromatic heterocycles. The molecule has 0 fully saturated rings. The molecular formula is C18H20N2O2S. The van der Waals surface area contributed by atoms with E-state index in [9.17, 15) is 9.00 Å². The van der Waals surface area contributed by atoms with Crippen molar-refractivity contribution in [2.75, 3.05) is 6.26 Å². The predicted octanol–water partition coefficient (Wildman–Crippen LogP) is 2.85. The second kappa shape index (κ2) is 7.44. The summed E-state index contributed by atoms with van der Waals surface area (Å²) in [5.41, 5.74) is 10.1. The molecule has 0 spiro atoms. The summed E-state index contributed by atoms with van der Waals surface area (Å²) in [4.78, 5) is 15.9. The Morgan fingerprint density at radius 1 is 1.35 bits per heavy atom. The minimum absolute atomic E-state index is 0.179. The standard InChI is InChI=1S/C18H20N2O2S/c1-12(5-4-6-16-13(2)11-17(19)20-16)14-7-9-15(10-8-14)18(21)23(3)22/h4-10,17H,2,11,19H2,1,3H3/b6-4-,12-5+. The Hall–Kier alpha value is -2.11. The van der Waals surface area contributed by atoms with Gasteiger partial charge in [0.2, 0.25) is 5.12 Å². The highest BCUT2D eigenvalue weighted by atomic mass is 32.2. The second-order valence-corrected chi connectivity index (χ2v) is 6.70. The van der Waals surface area contributed by atoms with Gasteiger partial charge in [-0.15, -0.1) is 0 Å². The number of nitrogens with zero attached hydrogens (tertiary/aromatic N) is 1. The third-order valence-electron chi connectivity index (χ3n) is 3.56. The highest BCUT2D eigenvalue weighted by molar-refractivity contribution is 8.00. The molecule has 0 amide bonds. The number of hydrogen-bond acceptors (Lipinski definition) is 4. The van der Waals surface area contributed by atoms with Crippen molar-refractivity contribution in [1.29, 1.82) is 0 Å². The van der Waals surface area contributed by atoms with Crippen LogP contribution in [0.25, 0.3) is 5.57 Å². The second-order valence-electron chi connectivity index (χ2n) is 5.42. The van der Waals surface area contributed by atoms with Crippen LogP contribution in [-0.4, -0.2) is 27.5 Å². The van der Waals surface area contributed by atoms with Crippen LogP contribution >= 0.6 is 0 Å². The van der Waals surface area contributed by atoms with E-state index >= 15 is 0 Å². The van der Waals surface area contributed by atoms with Crippen LogP contribution in [0.1, 0.15) is 29.3 Å². The summed E-state index contributed by atoms with van der Waals surface area (Å²) < 4.78 is 11.2. The fourth-order valence-electron chi connectivity index (χ4n) is 2.25. The molecule has 0 saturated heterocycles. The fourth-order valence-corrected chi connectivity index (χ4v) is 2.72. The molecule has 4 nitrogen and oxygen atoms in total. The van der Waals surface area contributed by atoms with Gasteiger partial charge in [0.1, 0.15) is 6.17 Å². The van der Waals surface area contributed by atoms with E-state index in [2.05, 4.69) is 11.6 Å². The van der Waals surface area contributed by atoms with E-state index in [1.807, 2.05) is 37.3 Å². The van der Waals surface area contributed by atoms with Gasteiger partial charge in [-0.05, 0) is 41.8 Å². The molecule has 1 heterocycles. The van der Waals surface area contributed by atoms with Crippen LogP contribution in [0.5, 0.6) is 0 Å². The number of carbonyl (C=O) groups excluding carboxylic acids is 1. The molecule has 1 aromatic carbocycles. The molecule has 2 unspecified atom stereocenters. The van der Waals surface area contributed by atoms with Crippen molar-refractivity contribution < 1.29 is 9.00 Å². The van der Waals surface area contributed by atoms with Gasteiger partial charge in [0, 0.05) is 18.2 Å². The molecule has 5 heteroatoms. The maximum absolute atomic E-state index is 11.6. The molecule has 2 rings (SSSR count). The van der Waals surface area contributed by atoms with Gasteiger partial charge in [0.25, 0.3) is 0 Å². The normalized spacial score (nSPS) is 20.0. The van der Waals surface area contributed by atoms with Crippen LogP contribution in [0.3, 0.4) is 0 Å². The molecule has 120 valence electrons. The average molecular weight is 328 g/mol. The quantitative estimate of drug-likeness (QED) is 0.864. The minimum atomic E-state index is -1.49. The summed E-state index contributed by atoms with van der Waals surface area (Å²) in [6.45, 7) is 5.93. The van der Waals surface area contributed by atoms with Gasteiger partial charge in [-0.1, -0.05) is 30.9 Å². The Kier molecular flexibility index (Phi) is 5.58. The van der Waals surface area contributed by atoms with Crippen molar-refractivity contribution in [2.45, 2.75) is 19.5 Å². The lowest BCUT2D eigenvalue weighted by atomic mass is 10.0. The van der Waals surface area contributed by atoms with Crippen molar-refractivity contribution in [3.63, 3.8) is 0 Å². The molecule has 23 heavy (non-hydrogen) atoms. The summed E-state index contributed by atoms with van der Waals surface area (Å²) in [5.74, 6) is 0. The summed E-state index contributed by atoms with van der Waals surface area (Å²) in [5, 5.41) is -0.354. The highest BCUT2D eigenvalue weighted by Crippen LogP contribution is 2.17. The first-order valence-electron chi connectivity index (χ1n) is 7.23. The van der Waals surface area contributed by atoms with E-state index < -0.39 is 10.8 Å². The van der Waals surface area contributed by atoms with Gasteiger partial charge in [-0.2, -0.15) is 0 Å². The van der Waals surface area contributed by atoms with Crippen molar-refractivity contribution in [3.8, 4) is 0 Å². The van der Waals surface area contributed by atoms with Gasteiger partial charge in [0.05, 0.1) is 16.5 Å². The Labute approximate surface area is 139 Å². The SMILES string of the molecule is C=C1CC(N)N=C1/C=C\C=C(/C)c1ccc(C(=O)S(C)=O)cc1. The van der Waals surface area contributed by atoms with Crippen LogP contribution in [0.15, 0.2) is 59.6 Å². The molecule has 2 atom stereocenters. The van der Waals surface area contributed by atoms with Gasteiger partial charge in [-0.25, -0.2) is 0 Å². The molecule has 1 aromatic rings. The van der Waals surface area contributed by atoms with E-state index in [0.717, 1.165) is 22.4 Å². The van der Waals surface area contributed by atoms with Gasteiger partial charge < -0.3 is 5.73 Å². The molecule has 0 bridgehead atoms. The smallest absolute Gasteiger partial charge is 0.248 e. The van der Waals surface area contributed by atoms with E-state index in [0.29, 0.717) is 12.0 Å². The zero-order chi connectivity index (χ0) is 17.0. The van der Waals surface area contributed by atoms with E-state index in [1.54, 1.807) is 12.1 Å². The molecule has 1 aliphatic heterocycles. The van der Waals surface area contributed by atoms with Crippen LogP contribution in [0.4, 0.5) is 0 Å². The van der Waals surface area contributed by atoms with Crippen LogP contribution < -0.4 is 5.73 Å². The Morgan fingerprint density at radius 2 is 1.96 bits per heavy atom. The third-order valence-corrected chi connectivity index (χ3v) is 4.32. The average Bonchev–Trinajstić information content (AvgIpc) is 2.84. The van der Waals surface area contributed by atoms with E-state index in [1.165, 1.54) is 6.26 Å². The van der Waals surface area contributed by atoms with Gasteiger partial charge in [-0.3, -0.25) is 14.0 Å². The number of allylic oxidation sites excluding steroid dienone is 4. The number of benzene rings is 1. The lowest BCUT2D eigenvalue weighted by molar-refractivity contribution is 0.108. The molecule has 0 aliphatic carbocycles. The van der Waals surface area contributed by atoms with Crippen molar-refractivity contribution in [1.82, 2.24) is 0 Å². The zero-order valence-corrected chi connectivity index (χ0v) is 14.1. The Bertz CT molecular complexity index is 743. The third kappa shape index (κ3) is 4.43. The Morgan fingerprint density at radius 3 is 2.48 bits per heavy atom. The number of rotatable bonds is 4. The zero-order valence-electron chi connectivity index (χ0n) is 13.3.